The highest BCUT2D eigenvalue weighted by Crippen LogP contribution is 2.14. The number of carbonyl (C=O) groups is 1. The first-order chi connectivity index (χ1) is 8.21. The van der Waals surface area contributed by atoms with Gasteiger partial charge in [-0.15, -0.1) is 0 Å². The zero-order valence-corrected chi connectivity index (χ0v) is 9.98. The predicted molar refractivity (Wildman–Crippen MR) is 67.6 cm³/mol. The lowest BCUT2D eigenvalue weighted by atomic mass is 10.1. The molecule has 0 aliphatic rings. The number of nitrogens with one attached hydrogen (secondary N) is 1. The Morgan fingerprint density at radius 3 is 2.76 bits per heavy atom. The molecule has 94 valence electrons. The molecule has 0 aliphatic heterocycles. The maximum Gasteiger partial charge on any atom is 0.154 e. The van der Waals surface area contributed by atoms with Crippen LogP contribution in [0.25, 0.3) is 0 Å². The Hall–Kier alpha value is -1.88. The minimum atomic E-state index is 0.0111. The standard InChI is InChI=1S/C12H18N2O3/c1-4-10(2)11(9-16)12(17-3)5-6-13-14-7-8-15/h4,6,9,14-15H,1-2,5,7-8H2,3H3/b12-11-,13-6-. The van der Waals surface area contributed by atoms with E-state index in [1.54, 1.807) is 6.21 Å². The molecule has 0 fully saturated rings. The monoisotopic (exact) mass is 238 g/mol. The van der Waals surface area contributed by atoms with E-state index in [1.807, 2.05) is 0 Å². The van der Waals surface area contributed by atoms with Gasteiger partial charge >= 0.3 is 0 Å². The molecule has 0 spiro atoms. The van der Waals surface area contributed by atoms with Crippen LogP contribution in [0.5, 0.6) is 0 Å². The summed E-state index contributed by atoms with van der Waals surface area (Å²) in [6, 6.07) is 0. The van der Waals surface area contributed by atoms with E-state index in [-0.39, 0.29) is 6.61 Å². The number of hydrogen-bond acceptors (Lipinski definition) is 5. The molecule has 0 rings (SSSR count). The molecule has 0 atom stereocenters. The van der Waals surface area contributed by atoms with Crippen LogP contribution < -0.4 is 5.43 Å². The number of nitrogens with zero attached hydrogens (tertiary/aromatic N) is 1. The Morgan fingerprint density at radius 2 is 2.29 bits per heavy atom. The van der Waals surface area contributed by atoms with Crippen LogP contribution in [0.3, 0.4) is 0 Å². The fourth-order valence-corrected chi connectivity index (χ4v) is 1.04. The van der Waals surface area contributed by atoms with E-state index in [1.165, 1.54) is 13.2 Å². The van der Waals surface area contributed by atoms with Crippen LogP contribution in [0, 0.1) is 0 Å². The van der Waals surface area contributed by atoms with E-state index in [0.717, 1.165) is 0 Å². The van der Waals surface area contributed by atoms with Crippen molar-refractivity contribution in [3.63, 3.8) is 0 Å². The summed E-state index contributed by atoms with van der Waals surface area (Å²) < 4.78 is 5.10. The lowest BCUT2D eigenvalue weighted by molar-refractivity contribution is -0.104. The summed E-state index contributed by atoms with van der Waals surface area (Å²) in [7, 11) is 1.48. The van der Waals surface area contributed by atoms with E-state index in [2.05, 4.69) is 23.7 Å². The van der Waals surface area contributed by atoms with Gasteiger partial charge in [-0.3, -0.25) is 4.79 Å². The van der Waals surface area contributed by atoms with Crippen molar-refractivity contribution < 1.29 is 14.6 Å². The van der Waals surface area contributed by atoms with Crippen molar-refractivity contribution in [3.8, 4) is 0 Å². The minimum Gasteiger partial charge on any atom is -0.500 e. The second-order valence-corrected chi connectivity index (χ2v) is 3.04. The van der Waals surface area contributed by atoms with Crippen LogP contribution in [-0.2, 0) is 9.53 Å². The van der Waals surface area contributed by atoms with Gasteiger partial charge in [0, 0.05) is 12.6 Å². The average molecular weight is 238 g/mol. The van der Waals surface area contributed by atoms with Gasteiger partial charge in [0.15, 0.2) is 6.29 Å². The van der Waals surface area contributed by atoms with Gasteiger partial charge in [-0.25, -0.2) is 0 Å². The van der Waals surface area contributed by atoms with Gasteiger partial charge in [0.1, 0.15) is 5.76 Å². The fraction of sp³-hybridized carbons (Fsp3) is 0.333. The van der Waals surface area contributed by atoms with E-state index in [9.17, 15) is 4.79 Å². The van der Waals surface area contributed by atoms with Crippen molar-refractivity contribution >= 4 is 12.5 Å². The largest absolute Gasteiger partial charge is 0.500 e. The SMILES string of the molecule is C=CC(=C)/C(C=O)=C(/C/C=N\NCCO)OC. The van der Waals surface area contributed by atoms with E-state index >= 15 is 0 Å². The highest BCUT2D eigenvalue weighted by atomic mass is 16.5. The first kappa shape index (κ1) is 15.1. The van der Waals surface area contributed by atoms with E-state index in [4.69, 9.17) is 9.84 Å². The van der Waals surface area contributed by atoms with Crippen molar-refractivity contribution in [2.75, 3.05) is 20.3 Å². The zero-order valence-electron chi connectivity index (χ0n) is 9.98. The number of aldehydes is 1. The van der Waals surface area contributed by atoms with Crippen LogP contribution in [0.4, 0.5) is 0 Å². The maximum atomic E-state index is 10.9. The number of aliphatic hydroxyl groups excluding tert-OH is 1. The van der Waals surface area contributed by atoms with Gasteiger partial charge in [0.2, 0.25) is 0 Å². The molecule has 2 N–H and O–H groups in total. The van der Waals surface area contributed by atoms with Crippen molar-refractivity contribution in [1.82, 2.24) is 5.43 Å². The van der Waals surface area contributed by atoms with Crippen molar-refractivity contribution in [3.05, 3.63) is 36.1 Å². The number of allylic oxidation sites excluding steroid dienone is 4. The summed E-state index contributed by atoms with van der Waals surface area (Å²) in [5, 5.41) is 12.3. The summed E-state index contributed by atoms with van der Waals surface area (Å²) in [4.78, 5) is 10.9. The third-order valence-electron chi connectivity index (χ3n) is 1.94. The molecule has 0 bridgehead atoms. The Balaban J connectivity index is 4.62. The zero-order chi connectivity index (χ0) is 13.1. The number of hydrogen-bond donors (Lipinski definition) is 2. The molecule has 0 aliphatic carbocycles. The smallest absolute Gasteiger partial charge is 0.154 e. The van der Waals surface area contributed by atoms with E-state index < -0.39 is 0 Å². The topological polar surface area (TPSA) is 70.9 Å². The summed E-state index contributed by atoms with van der Waals surface area (Å²) in [6.07, 6.45) is 4.08. The molecular formula is C12H18N2O3. The number of carbonyl (C=O) groups excluding carboxylic acids is 1. The number of rotatable bonds is 9. The molecule has 0 unspecified atom stereocenters. The molecule has 5 heteroatoms. The van der Waals surface area contributed by atoms with Crippen LogP contribution in [0.2, 0.25) is 0 Å². The second-order valence-electron chi connectivity index (χ2n) is 3.04. The van der Waals surface area contributed by atoms with Crippen LogP contribution in [0.15, 0.2) is 41.2 Å². The molecule has 0 saturated heterocycles. The Morgan fingerprint density at radius 1 is 1.59 bits per heavy atom. The predicted octanol–water partition coefficient (Wildman–Crippen LogP) is 0.786. The van der Waals surface area contributed by atoms with Gasteiger partial charge in [-0.1, -0.05) is 19.2 Å². The quantitative estimate of drug-likeness (QED) is 0.118. The molecular weight excluding hydrogens is 220 g/mol. The molecule has 0 aromatic heterocycles. The summed E-state index contributed by atoms with van der Waals surface area (Å²) >= 11 is 0. The van der Waals surface area contributed by atoms with Gasteiger partial charge in [0.25, 0.3) is 0 Å². The molecule has 5 nitrogen and oxygen atoms in total. The summed E-state index contributed by atoms with van der Waals surface area (Å²) in [5.74, 6) is 0.472. The number of hydrazone groups is 1. The average Bonchev–Trinajstić information content (AvgIpc) is 2.36. The number of methoxy groups -OCH3 is 1. The Kier molecular flexibility index (Phi) is 8.32. The van der Waals surface area contributed by atoms with Crippen molar-refractivity contribution in [2.45, 2.75) is 6.42 Å². The normalized spacial score (nSPS) is 11.9. The fourth-order valence-electron chi connectivity index (χ4n) is 1.04. The van der Waals surface area contributed by atoms with Gasteiger partial charge in [-0.05, 0) is 5.57 Å². The van der Waals surface area contributed by atoms with Crippen molar-refractivity contribution in [1.29, 1.82) is 0 Å². The lowest BCUT2D eigenvalue weighted by Gasteiger charge is -2.07. The van der Waals surface area contributed by atoms with Crippen LogP contribution in [0.1, 0.15) is 6.42 Å². The number of aliphatic hydroxyl groups is 1. The minimum absolute atomic E-state index is 0.0111. The van der Waals surface area contributed by atoms with Crippen LogP contribution >= 0.6 is 0 Å². The van der Waals surface area contributed by atoms with Gasteiger partial charge in [0.05, 0.1) is 25.8 Å². The second kappa shape index (κ2) is 9.35. The molecule has 0 aromatic carbocycles. The first-order valence-electron chi connectivity index (χ1n) is 5.10. The highest BCUT2D eigenvalue weighted by Gasteiger charge is 2.07. The molecule has 0 heterocycles. The molecule has 17 heavy (non-hydrogen) atoms. The molecule has 0 saturated carbocycles. The number of ether oxygens (including phenoxy) is 1. The Bertz CT molecular complexity index is 333. The molecule has 0 aromatic rings. The van der Waals surface area contributed by atoms with Gasteiger partial charge < -0.3 is 15.3 Å². The first-order valence-corrected chi connectivity index (χ1v) is 5.10. The Labute approximate surface area is 101 Å². The third kappa shape index (κ3) is 5.67. The van der Waals surface area contributed by atoms with Gasteiger partial charge in [-0.2, -0.15) is 5.10 Å². The molecule has 0 amide bonds. The summed E-state index contributed by atoms with van der Waals surface area (Å²) in [5.41, 5.74) is 3.50. The van der Waals surface area contributed by atoms with Crippen LogP contribution in [-0.4, -0.2) is 37.9 Å². The van der Waals surface area contributed by atoms with Crippen molar-refractivity contribution in [2.24, 2.45) is 5.10 Å². The molecule has 0 radical (unpaired) electrons. The van der Waals surface area contributed by atoms with E-state index in [0.29, 0.717) is 36.2 Å². The lowest BCUT2D eigenvalue weighted by Crippen LogP contribution is -2.11. The summed E-state index contributed by atoms with van der Waals surface area (Å²) in [6.45, 7) is 7.62. The highest BCUT2D eigenvalue weighted by molar-refractivity contribution is 5.83. The third-order valence-corrected chi connectivity index (χ3v) is 1.94. The maximum absolute atomic E-state index is 10.9.